The van der Waals surface area contributed by atoms with Crippen LogP contribution in [0.3, 0.4) is 0 Å². The summed E-state index contributed by atoms with van der Waals surface area (Å²) in [6.07, 6.45) is 15.5. The van der Waals surface area contributed by atoms with E-state index in [0.29, 0.717) is 0 Å². The van der Waals surface area contributed by atoms with E-state index in [9.17, 15) is 0 Å². The molecule has 52 heavy (non-hydrogen) atoms. The lowest BCUT2D eigenvalue weighted by Crippen LogP contribution is -2.09. The minimum atomic E-state index is 0.127. The number of thiophene rings is 4. The highest BCUT2D eigenvalue weighted by Gasteiger charge is 2.19. The van der Waals surface area contributed by atoms with Crippen molar-refractivity contribution < 1.29 is 0 Å². The number of hydrogen-bond acceptors (Lipinski definition) is 6. The lowest BCUT2D eigenvalue weighted by molar-refractivity contribution is 0.555. The lowest BCUT2D eigenvalue weighted by atomic mass is 9.99. The van der Waals surface area contributed by atoms with E-state index in [-0.39, 0.29) is 6.04 Å². The minimum absolute atomic E-state index is 0.127. The molecule has 268 valence electrons. The van der Waals surface area contributed by atoms with Crippen LogP contribution in [0.15, 0.2) is 84.9 Å². The summed E-state index contributed by atoms with van der Waals surface area (Å²) in [5, 5.41) is 9.12. The van der Waals surface area contributed by atoms with Crippen LogP contribution in [0.1, 0.15) is 103 Å². The smallest absolute Gasteiger partial charge is 0.0543 e. The van der Waals surface area contributed by atoms with Gasteiger partial charge in [0.2, 0.25) is 0 Å². The Morgan fingerprint density at radius 3 is 1.54 bits per heavy atom. The van der Waals surface area contributed by atoms with Gasteiger partial charge < -0.3 is 11.1 Å². The van der Waals surface area contributed by atoms with Crippen LogP contribution in [0.2, 0.25) is 0 Å². The van der Waals surface area contributed by atoms with Gasteiger partial charge in [-0.05, 0) is 64.6 Å². The largest absolute Gasteiger partial charge is 0.385 e. The van der Waals surface area contributed by atoms with Gasteiger partial charge in [0.25, 0.3) is 0 Å². The zero-order chi connectivity index (χ0) is 35.4. The standard InChI is InChI=1S/C46H50N2S4/c1-3-5-7-9-11-13-27-48-35-23-19-32(20-24-35)40-29-34-22-26-37-44(42(34)50-40)52-45-36-25-21-33-28-39(49-41(33)43(36)51-46(37)45)31-17-15-30(16-18-31)38(47)14-12-10-8-6-4-2/h15-26,28-29,38,48H,3-14,27,47H2,1-2H3. The van der Waals surface area contributed by atoms with Crippen LogP contribution < -0.4 is 11.1 Å². The molecule has 1 atom stereocenters. The summed E-state index contributed by atoms with van der Waals surface area (Å²) in [6.45, 7) is 5.60. The van der Waals surface area contributed by atoms with E-state index in [2.05, 4.69) is 104 Å². The van der Waals surface area contributed by atoms with Gasteiger partial charge in [-0.1, -0.05) is 139 Å². The second-order valence-electron chi connectivity index (χ2n) is 14.5. The van der Waals surface area contributed by atoms with E-state index < -0.39 is 0 Å². The molecule has 6 heteroatoms. The van der Waals surface area contributed by atoms with Crippen LogP contribution in [-0.4, -0.2) is 6.54 Å². The number of fused-ring (bicyclic) bond motifs is 9. The van der Waals surface area contributed by atoms with E-state index in [1.54, 1.807) is 0 Å². The van der Waals surface area contributed by atoms with Gasteiger partial charge in [-0.25, -0.2) is 0 Å². The molecule has 0 aliphatic carbocycles. The third kappa shape index (κ3) is 7.43. The first-order valence-electron chi connectivity index (χ1n) is 19.5. The zero-order valence-electron chi connectivity index (χ0n) is 30.6. The Bertz CT molecular complexity index is 2400. The molecule has 0 amide bonds. The van der Waals surface area contributed by atoms with E-state index in [1.807, 2.05) is 45.3 Å². The number of nitrogens with two attached hydrogens (primary N) is 1. The van der Waals surface area contributed by atoms with E-state index in [1.165, 1.54) is 153 Å². The van der Waals surface area contributed by atoms with Crippen molar-refractivity contribution in [2.24, 2.45) is 5.73 Å². The summed E-state index contributed by atoms with van der Waals surface area (Å²) in [7, 11) is 0. The highest BCUT2D eigenvalue weighted by Crippen LogP contribution is 2.51. The first kappa shape index (κ1) is 35.8. The average Bonchev–Trinajstić information content (AvgIpc) is 3.96. The first-order valence-corrected chi connectivity index (χ1v) is 22.8. The molecule has 0 fully saturated rings. The second kappa shape index (κ2) is 16.4. The Labute approximate surface area is 324 Å². The molecule has 0 aliphatic heterocycles. The monoisotopic (exact) mass is 758 g/mol. The van der Waals surface area contributed by atoms with E-state index >= 15 is 0 Å². The molecule has 0 spiro atoms. The summed E-state index contributed by atoms with van der Waals surface area (Å²) in [6, 6.07) is 32.4. The molecule has 1 unspecified atom stereocenters. The fourth-order valence-corrected chi connectivity index (χ4v) is 13.0. The Balaban J connectivity index is 1.01. The van der Waals surface area contributed by atoms with Crippen molar-refractivity contribution in [3.05, 3.63) is 90.5 Å². The topological polar surface area (TPSA) is 38.0 Å². The molecule has 8 rings (SSSR count). The highest BCUT2D eigenvalue weighted by molar-refractivity contribution is 7.40. The number of nitrogens with one attached hydrogen (secondary N) is 1. The van der Waals surface area contributed by atoms with Gasteiger partial charge in [0.05, 0.1) is 28.2 Å². The maximum absolute atomic E-state index is 6.58. The second-order valence-corrected chi connectivity index (χ2v) is 18.7. The summed E-state index contributed by atoms with van der Waals surface area (Å²) >= 11 is 7.84. The molecule has 4 aromatic heterocycles. The van der Waals surface area contributed by atoms with E-state index in [4.69, 9.17) is 5.73 Å². The normalized spacial score (nSPS) is 12.7. The van der Waals surface area contributed by atoms with Crippen molar-refractivity contribution in [3.8, 4) is 20.9 Å². The van der Waals surface area contributed by atoms with Crippen LogP contribution in [-0.2, 0) is 0 Å². The molecule has 8 aromatic rings. The van der Waals surface area contributed by atoms with Gasteiger partial charge in [0.1, 0.15) is 0 Å². The summed E-state index contributed by atoms with van der Waals surface area (Å²) < 4.78 is 8.55. The molecule has 3 N–H and O–H groups in total. The maximum Gasteiger partial charge on any atom is 0.0543 e. The molecular formula is C46H50N2S4. The number of rotatable bonds is 17. The molecule has 4 heterocycles. The van der Waals surface area contributed by atoms with Crippen molar-refractivity contribution in [2.75, 3.05) is 11.9 Å². The van der Waals surface area contributed by atoms with Gasteiger partial charge in [0, 0.05) is 38.8 Å². The molecule has 0 aliphatic rings. The predicted molar refractivity (Wildman–Crippen MR) is 239 cm³/mol. The molecule has 0 saturated heterocycles. The van der Waals surface area contributed by atoms with Gasteiger partial charge in [-0.15, -0.1) is 45.3 Å². The molecule has 0 bridgehead atoms. The Morgan fingerprint density at radius 1 is 0.500 bits per heavy atom. The number of hydrogen-bond donors (Lipinski definition) is 2. The van der Waals surface area contributed by atoms with Crippen LogP contribution in [0, 0.1) is 0 Å². The molecular weight excluding hydrogens is 709 g/mol. The summed E-state index contributed by atoms with van der Waals surface area (Å²) in [4.78, 5) is 2.68. The van der Waals surface area contributed by atoms with Crippen molar-refractivity contribution >= 4 is 101 Å². The molecule has 4 aromatic carbocycles. The van der Waals surface area contributed by atoms with Crippen molar-refractivity contribution in [2.45, 2.75) is 96.9 Å². The SMILES string of the molecule is CCCCCCCCNc1ccc(-c2cc3ccc4c(sc5c6ccc7cc(-c8ccc(C(N)CCCCCCC)cc8)sc7c6sc45)c3s2)cc1. The fraction of sp³-hybridized carbons (Fsp3) is 0.348. The van der Waals surface area contributed by atoms with Crippen LogP contribution in [0.4, 0.5) is 5.69 Å². The summed E-state index contributed by atoms with van der Waals surface area (Å²) in [5.74, 6) is 0. The van der Waals surface area contributed by atoms with Crippen LogP contribution in [0.5, 0.6) is 0 Å². The highest BCUT2D eigenvalue weighted by atomic mass is 32.1. The van der Waals surface area contributed by atoms with Crippen LogP contribution in [0.25, 0.3) is 70.6 Å². The Kier molecular flexibility index (Phi) is 11.3. The Morgan fingerprint density at radius 2 is 0.981 bits per heavy atom. The average molecular weight is 759 g/mol. The minimum Gasteiger partial charge on any atom is -0.385 e. The van der Waals surface area contributed by atoms with Crippen LogP contribution >= 0.6 is 45.3 Å². The van der Waals surface area contributed by atoms with Gasteiger partial charge >= 0.3 is 0 Å². The van der Waals surface area contributed by atoms with Gasteiger partial charge in [-0.3, -0.25) is 0 Å². The van der Waals surface area contributed by atoms with Crippen molar-refractivity contribution in [3.63, 3.8) is 0 Å². The van der Waals surface area contributed by atoms with Crippen molar-refractivity contribution in [1.82, 2.24) is 0 Å². The first-order chi connectivity index (χ1) is 25.6. The molecule has 0 radical (unpaired) electrons. The number of anilines is 1. The third-order valence-electron chi connectivity index (χ3n) is 10.7. The molecule has 2 nitrogen and oxygen atoms in total. The maximum atomic E-state index is 6.58. The molecule has 0 saturated carbocycles. The zero-order valence-corrected chi connectivity index (χ0v) is 33.8. The number of unbranched alkanes of at least 4 members (excludes halogenated alkanes) is 9. The van der Waals surface area contributed by atoms with Gasteiger partial charge in [0.15, 0.2) is 0 Å². The fourth-order valence-electron chi connectivity index (χ4n) is 7.57. The summed E-state index contributed by atoms with van der Waals surface area (Å²) in [5.41, 5.74) is 11.6. The lowest BCUT2D eigenvalue weighted by Gasteiger charge is -2.12. The number of benzene rings is 4. The van der Waals surface area contributed by atoms with Crippen molar-refractivity contribution in [1.29, 1.82) is 0 Å². The quantitative estimate of drug-likeness (QED) is 0.0908. The Hall–Kier alpha value is -3.26. The predicted octanol–water partition coefficient (Wildman–Crippen LogP) is 16.2. The third-order valence-corrected chi connectivity index (χ3v) is 16.0. The van der Waals surface area contributed by atoms with Gasteiger partial charge in [-0.2, -0.15) is 0 Å². The van der Waals surface area contributed by atoms with E-state index in [0.717, 1.165) is 13.0 Å².